The average molecular weight is 331 g/mol. The Morgan fingerprint density at radius 2 is 1.42 bits per heavy atom. The van der Waals surface area contributed by atoms with Crippen LogP contribution < -0.4 is 11.2 Å². The van der Waals surface area contributed by atoms with Crippen LogP contribution >= 0.6 is 0 Å². The molecule has 7 heteroatoms. The molecule has 0 bridgehead atoms. The second kappa shape index (κ2) is 4.95. The maximum Gasteiger partial charge on any atom is 0.208 e. The molecule has 2 aromatic carbocycles. The van der Waals surface area contributed by atoms with Crippen molar-refractivity contribution >= 4 is 27.6 Å². The summed E-state index contributed by atoms with van der Waals surface area (Å²) < 4.78 is 5.79. The third-order valence-electron chi connectivity index (χ3n) is 4.50. The smallest absolute Gasteiger partial charge is 0.208 e. The third kappa shape index (κ3) is 1.75. The zero-order chi connectivity index (χ0) is 17.9. The summed E-state index contributed by atoms with van der Waals surface area (Å²) in [5.74, 6) is -2.38. The third-order valence-corrected chi connectivity index (χ3v) is 4.50. The van der Waals surface area contributed by atoms with Crippen LogP contribution in [0.2, 0.25) is 0 Å². The summed E-state index contributed by atoms with van der Waals surface area (Å²) in [5, 5.41) is 39.7. The highest BCUT2D eigenvalue weighted by atomic mass is 16.3. The highest BCUT2D eigenvalue weighted by molar-refractivity contribution is 6.02. The zero-order valence-electron chi connectivity index (χ0n) is 13.4. The van der Waals surface area contributed by atoms with Crippen LogP contribution in [-0.2, 0) is 6.42 Å². The Labute approximate surface area is 136 Å². The lowest BCUT2D eigenvalue weighted by molar-refractivity contribution is 0.403. The van der Waals surface area contributed by atoms with Crippen LogP contribution in [0.3, 0.4) is 0 Å². The number of nitrogens with two attached hydrogens (primary N) is 1. The van der Waals surface area contributed by atoms with Crippen molar-refractivity contribution in [2.24, 2.45) is 0 Å². The van der Waals surface area contributed by atoms with Gasteiger partial charge in [-0.05, 0) is 25.8 Å². The van der Waals surface area contributed by atoms with Crippen molar-refractivity contribution in [2.45, 2.75) is 27.2 Å². The number of rotatable bonds is 1. The first-order valence-electron chi connectivity index (χ1n) is 7.36. The number of aromatic hydroxyl groups is 4. The molecule has 0 aliphatic rings. The highest BCUT2D eigenvalue weighted by Gasteiger charge is 2.25. The van der Waals surface area contributed by atoms with Gasteiger partial charge in [0, 0.05) is 11.1 Å². The number of phenols is 4. The number of hydrogen-bond acceptors (Lipinski definition) is 7. The molecule has 0 spiro atoms. The Balaban J connectivity index is 2.76. The SMILES string of the molecule is CCc1c(N)c(O)c(O)c2c(=O)c3c(O)c(O)c(C)c(C)c3oc12. The molecule has 1 aromatic heterocycles. The van der Waals surface area contributed by atoms with E-state index in [1.165, 1.54) is 0 Å². The molecule has 0 aliphatic heterocycles. The number of anilines is 1. The molecule has 24 heavy (non-hydrogen) atoms. The fraction of sp³-hybridized carbons (Fsp3) is 0.235. The van der Waals surface area contributed by atoms with Crippen LogP contribution in [0.4, 0.5) is 5.69 Å². The predicted octanol–water partition coefficient (Wildman–Crippen LogP) is 2.53. The van der Waals surface area contributed by atoms with Gasteiger partial charge in [-0.1, -0.05) is 6.92 Å². The molecule has 0 amide bonds. The Morgan fingerprint density at radius 3 is 2.00 bits per heavy atom. The Kier molecular flexibility index (Phi) is 3.26. The van der Waals surface area contributed by atoms with Crippen molar-refractivity contribution in [2.75, 3.05) is 5.73 Å². The number of benzene rings is 2. The van der Waals surface area contributed by atoms with Gasteiger partial charge >= 0.3 is 0 Å². The molecule has 7 nitrogen and oxygen atoms in total. The van der Waals surface area contributed by atoms with E-state index in [1.54, 1.807) is 20.8 Å². The Bertz CT molecular complexity index is 1080. The van der Waals surface area contributed by atoms with Gasteiger partial charge < -0.3 is 30.6 Å². The summed E-state index contributed by atoms with van der Waals surface area (Å²) in [5.41, 5.74) is 6.37. The van der Waals surface area contributed by atoms with Gasteiger partial charge in [-0.3, -0.25) is 4.79 Å². The van der Waals surface area contributed by atoms with Crippen molar-refractivity contribution in [3.05, 3.63) is 26.9 Å². The van der Waals surface area contributed by atoms with Crippen molar-refractivity contribution in [3.63, 3.8) is 0 Å². The van der Waals surface area contributed by atoms with Gasteiger partial charge in [0.05, 0.1) is 5.69 Å². The van der Waals surface area contributed by atoms with Crippen LogP contribution in [0.1, 0.15) is 23.6 Å². The van der Waals surface area contributed by atoms with E-state index in [0.717, 1.165) is 0 Å². The van der Waals surface area contributed by atoms with E-state index in [9.17, 15) is 25.2 Å². The van der Waals surface area contributed by atoms with Crippen LogP contribution in [0.5, 0.6) is 23.0 Å². The number of hydrogen-bond donors (Lipinski definition) is 5. The number of nitrogen functional groups attached to an aromatic ring is 1. The summed E-state index contributed by atoms with van der Waals surface area (Å²) >= 11 is 0. The standard InChI is InChI=1S/C17H17NO6/c1-4-7-10(18)15(23)14(22)9-12(20)8-13(21)11(19)5(2)6(3)16(8)24-17(7)9/h19,21-23H,4,18H2,1-3H3. The summed E-state index contributed by atoms with van der Waals surface area (Å²) in [7, 11) is 0. The van der Waals surface area contributed by atoms with Gasteiger partial charge in [-0.2, -0.15) is 0 Å². The lowest BCUT2D eigenvalue weighted by Gasteiger charge is -2.15. The predicted molar refractivity (Wildman–Crippen MR) is 89.9 cm³/mol. The quantitative estimate of drug-likeness (QED) is 0.262. The molecule has 0 aliphatic carbocycles. The molecule has 0 saturated heterocycles. The minimum atomic E-state index is -0.760. The fourth-order valence-corrected chi connectivity index (χ4v) is 2.95. The lowest BCUT2D eigenvalue weighted by Crippen LogP contribution is -2.07. The van der Waals surface area contributed by atoms with Crippen LogP contribution in [-0.4, -0.2) is 20.4 Å². The molecule has 0 unspecified atom stereocenters. The molecule has 0 saturated carbocycles. The van der Waals surface area contributed by atoms with E-state index in [4.69, 9.17) is 10.2 Å². The Hall–Kier alpha value is -3.09. The van der Waals surface area contributed by atoms with E-state index in [1.807, 2.05) is 0 Å². The molecule has 3 rings (SSSR count). The van der Waals surface area contributed by atoms with E-state index in [2.05, 4.69) is 0 Å². The first-order valence-corrected chi connectivity index (χ1v) is 7.36. The molecule has 1 heterocycles. The van der Waals surface area contributed by atoms with Crippen LogP contribution in [0.25, 0.3) is 21.9 Å². The van der Waals surface area contributed by atoms with Gasteiger partial charge in [0.2, 0.25) is 5.43 Å². The van der Waals surface area contributed by atoms with Crippen LogP contribution in [0.15, 0.2) is 9.21 Å². The molecular weight excluding hydrogens is 314 g/mol. The van der Waals surface area contributed by atoms with Crippen molar-refractivity contribution < 1.29 is 24.8 Å². The molecular formula is C17H17NO6. The zero-order valence-corrected chi connectivity index (χ0v) is 13.4. The number of phenolic OH excluding ortho intramolecular Hbond substituents is 4. The van der Waals surface area contributed by atoms with E-state index in [-0.39, 0.29) is 27.6 Å². The normalized spacial score (nSPS) is 11.5. The van der Waals surface area contributed by atoms with Gasteiger partial charge in [-0.15, -0.1) is 0 Å². The average Bonchev–Trinajstić information content (AvgIpc) is 2.56. The monoisotopic (exact) mass is 331 g/mol. The fourth-order valence-electron chi connectivity index (χ4n) is 2.95. The van der Waals surface area contributed by atoms with E-state index >= 15 is 0 Å². The first kappa shape index (κ1) is 15.8. The summed E-state index contributed by atoms with van der Waals surface area (Å²) in [4.78, 5) is 12.8. The topological polar surface area (TPSA) is 137 Å². The van der Waals surface area contributed by atoms with E-state index in [0.29, 0.717) is 23.1 Å². The number of fused-ring (bicyclic) bond motifs is 2. The molecule has 0 atom stereocenters. The van der Waals surface area contributed by atoms with Gasteiger partial charge in [-0.25, -0.2) is 0 Å². The first-order chi connectivity index (χ1) is 11.2. The van der Waals surface area contributed by atoms with Crippen molar-refractivity contribution in [1.29, 1.82) is 0 Å². The summed E-state index contributed by atoms with van der Waals surface area (Å²) in [6, 6.07) is 0. The van der Waals surface area contributed by atoms with E-state index < -0.39 is 28.4 Å². The van der Waals surface area contributed by atoms with Crippen molar-refractivity contribution in [1.82, 2.24) is 0 Å². The number of aryl methyl sites for hydroxylation is 2. The highest BCUT2D eigenvalue weighted by Crippen LogP contribution is 2.45. The molecule has 3 aromatic rings. The second-order valence-corrected chi connectivity index (χ2v) is 5.73. The van der Waals surface area contributed by atoms with Gasteiger partial charge in [0.25, 0.3) is 0 Å². The van der Waals surface area contributed by atoms with Gasteiger partial charge in [0.1, 0.15) is 21.9 Å². The Morgan fingerprint density at radius 1 is 0.875 bits per heavy atom. The molecule has 0 radical (unpaired) electrons. The van der Waals surface area contributed by atoms with Crippen LogP contribution in [0, 0.1) is 13.8 Å². The lowest BCUT2D eigenvalue weighted by atomic mass is 9.99. The van der Waals surface area contributed by atoms with Gasteiger partial charge in [0.15, 0.2) is 23.0 Å². The minimum absolute atomic E-state index is 0.0513. The summed E-state index contributed by atoms with van der Waals surface area (Å²) in [6.07, 6.45) is 0.354. The maximum atomic E-state index is 12.8. The largest absolute Gasteiger partial charge is 0.504 e. The van der Waals surface area contributed by atoms with Crippen molar-refractivity contribution in [3.8, 4) is 23.0 Å². The second-order valence-electron chi connectivity index (χ2n) is 5.73. The maximum absolute atomic E-state index is 12.8. The molecule has 6 N–H and O–H groups in total. The summed E-state index contributed by atoms with van der Waals surface area (Å²) in [6.45, 7) is 4.98. The molecule has 0 fully saturated rings. The minimum Gasteiger partial charge on any atom is -0.504 e. The molecule has 126 valence electrons.